The number of rotatable bonds is 4. The van der Waals surface area contributed by atoms with Crippen molar-refractivity contribution in [3.63, 3.8) is 0 Å². The van der Waals surface area contributed by atoms with E-state index in [0.717, 1.165) is 30.8 Å². The third-order valence-electron chi connectivity index (χ3n) is 5.66. The van der Waals surface area contributed by atoms with Crippen molar-refractivity contribution in [2.24, 2.45) is 0 Å². The van der Waals surface area contributed by atoms with Crippen molar-refractivity contribution in [2.45, 2.75) is 6.92 Å². The summed E-state index contributed by atoms with van der Waals surface area (Å²) in [5.74, 6) is 0.648. The van der Waals surface area contributed by atoms with E-state index in [2.05, 4.69) is 42.5 Å². The van der Waals surface area contributed by atoms with Gasteiger partial charge in [0.05, 0.1) is 12.7 Å². The Balaban J connectivity index is 1.38. The molecular formula is C27H19Br2N3O3S. The Kier molecular flexibility index (Phi) is 6.79. The van der Waals surface area contributed by atoms with Crippen molar-refractivity contribution in [3.05, 3.63) is 86.8 Å². The predicted octanol–water partition coefficient (Wildman–Crippen LogP) is 7.62. The first-order chi connectivity index (χ1) is 17.3. The second kappa shape index (κ2) is 10.0. The zero-order valence-electron chi connectivity index (χ0n) is 19.2. The number of halogens is 2. The number of nitrogens with one attached hydrogen (secondary N) is 2. The van der Waals surface area contributed by atoms with Crippen LogP contribution in [0, 0.1) is 6.92 Å². The third kappa shape index (κ3) is 4.74. The van der Waals surface area contributed by atoms with Crippen molar-refractivity contribution in [3.8, 4) is 17.2 Å². The van der Waals surface area contributed by atoms with Gasteiger partial charge in [-0.05, 0) is 77.9 Å². The molecule has 5 rings (SSSR count). The number of benzene rings is 4. The van der Waals surface area contributed by atoms with Gasteiger partial charge in [-0.3, -0.25) is 10.1 Å². The Morgan fingerprint density at radius 2 is 1.81 bits per heavy atom. The molecule has 4 aromatic carbocycles. The number of nitrogens with zero attached hydrogens (tertiary/aromatic N) is 1. The summed E-state index contributed by atoms with van der Waals surface area (Å²) in [4.78, 5) is 17.6. The van der Waals surface area contributed by atoms with Crippen molar-refractivity contribution < 1.29 is 13.9 Å². The molecule has 1 heterocycles. The standard InChI is InChI=1S/C27H19Br2N3O3S/c1-14-11-15(28)12-20(24(14)34-2)25(33)32-27(36)30-16-9-10-23-22(13-16)31-26(35-23)19-7-3-6-18-17(19)5-4-8-21(18)29/h3-13H,1-2H3,(H2,30,32,33,36). The van der Waals surface area contributed by atoms with Crippen LogP contribution in [0.4, 0.5) is 5.69 Å². The van der Waals surface area contributed by atoms with E-state index < -0.39 is 0 Å². The number of fused-ring (bicyclic) bond motifs is 2. The quantitative estimate of drug-likeness (QED) is 0.200. The van der Waals surface area contributed by atoms with Gasteiger partial charge in [0.25, 0.3) is 5.91 Å². The molecule has 0 aliphatic rings. The maximum atomic E-state index is 12.9. The van der Waals surface area contributed by atoms with Crippen LogP contribution in [-0.4, -0.2) is 23.1 Å². The highest BCUT2D eigenvalue weighted by atomic mass is 79.9. The molecule has 5 aromatic rings. The van der Waals surface area contributed by atoms with Crippen molar-refractivity contribution >= 4 is 82.7 Å². The molecule has 0 aliphatic carbocycles. The van der Waals surface area contributed by atoms with E-state index in [1.807, 2.05) is 67.6 Å². The minimum atomic E-state index is -0.374. The fraction of sp³-hybridized carbons (Fsp3) is 0.0741. The minimum absolute atomic E-state index is 0.154. The Hall–Kier alpha value is -3.27. The van der Waals surface area contributed by atoms with E-state index in [0.29, 0.717) is 34.0 Å². The molecule has 0 fully saturated rings. The number of anilines is 1. The van der Waals surface area contributed by atoms with Gasteiger partial charge in [-0.15, -0.1) is 0 Å². The van der Waals surface area contributed by atoms with E-state index >= 15 is 0 Å². The molecule has 1 amide bonds. The van der Waals surface area contributed by atoms with Crippen LogP contribution in [0.25, 0.3) is 33.3 Å². The summed E-state index contributed by atoms with van der Waals surface area (Å²) in [5.41, 5.74) is 4.10. The lowest BCUT2D eigenvalue weighted by Gasteiger charge is -2.13. The summed E-state index contributed by atoms with van der Waals surface area (Å²) in [5, 5.41) is 8.03. The lowest BCUT2D eigenvalue weighted by atomic mass is 10.0. The summed E-state index contributed by atoms with van der Waals surface area (Å²) in [6.07, 6.45) is 0. The Labute approximate surface area is 229 Å². The first-order valence-electron chi connectivity index (χ1n) is 10.9. The first-order valence-corrected chi connectivity index (χ1v) is 12.9. The van der Waals surface area contributed by atoms with Crippen LogP contribution in [0.3, 0.4) is 0 Å². The fourth-order valence-electron chi connectivity index (χ4n) is 4.08. The van der Waals surface area contributed by atoms with Crippen LogP contribution in [0.2, 0.25) is 0 Å². The Morgan fingerprint density at radius 1 is 1.03 bits per heavy atom. The molecule has 0 atom stereocenters. The number of thiocarbonyl (C=S) groups is 1. The molecule has 0 radical (unpaired) electrons. The first kappa shape index (κ1) is 24.4. The lowest BCUT2D eigenvalue weighted by molar-refractivity contribution is 0.0974. The summed E-state index contributed by atoms with van der Waals surface area (Å²) in [6.45, 7) is 1.87. The molecule has 0 bridgehead atoms. The average molecular weight is 625 g/mol. The number of amides is 1. The maximum absolute atomic E-state index is 12.9. The molecule has 9 heteroatoms. The summed E-state index contributed by atoms with van der Waals surface area (Å²) < 4.78 is 13.2. The van der Waals surface area contributed by atoms with Gasteiger partial charge in [-0.25, -0.2) is 4.98 Å². The van der Waals surface area contributed by atoms with E-state index in [1.165, 1.54) is 7.11 Å². The molecule has 0 saturated heterocycles. The van der Waals surface area contributed by atoms with Crippen molar-refractivity contribution in [2.75, 3.05) is 12.4 Å². The topological polar surface area (TPSA) is 76.4 Å². The van der Waals surface area contributed by atoms with Gasteiger partial charge in [-0.2, -0.15) is 0 Å². The maximum Gasteiger partial charge on any atom is 0.261 e. The highest BCUT2D eigenvalue weighted by Gasteiger charge is 2.17. The van der Waals surface area contributed by atoms with Gasteiger partial charge in [0.15, 0.2) is 10.7 Å². The lowest BCUT2D eigenvalue weighted by Crippen LogP contribution is -2.34. The van der Waals surface area contributed by atoms with E-state index in [1.54, 1.807) is 6.07 Å². The number of ether oxygens (including phenoxy) is 1. The second-order valence-corrected chi connectivity index (χ2v) is 10.2. The van der Waals surface area contributed by atoms with Crippen molar-refractivity contribution in [1.29, 1.82) is 0 Å². The van der Waals surface area contributed by atoms with E-state index in [-0.39, 0.29) is 11.0 Å². The molecule has 6 nitrogen and oxygen atoms in total. The number of hydrogen-bond acceptors (Lipinski definition) is 5. The number of carbonyl (C=O) groups is 1. The zero-order chi connectivity index (χ0) is 25.4. The SMILES string of the molecule is COc1c(C)cc(Br)cc1C(=O)NC(=S)Nc1ccc2oc(-c3cccc4c(Br)cccc34)nc2c1. The summed E-state index contributed by atoms with van der Waals surface area (Å²) in [7, 11) is 1.53. The summed E-state index contributed by atoms with van der Waals surface area (Å²) >= 11 is 12.4. The predicted molar refractivity (Wildman–Crippen MR) is 154 cm³/mol. The van der Waals surface area contributed by atoms with Gasteiger partial charge in [-0.1, -0.05) is 56.1 Å². The highest BCUT2D eigenvalue weighted by Crippen LogP contribution is 2.34. The van der Waals surface area contributed by atoms with Crippen LogP contribution in [-0.2, 0) is 0 Å². The normalized spacial score (nSPS) is 11.0. The smallest absolute Gasteiger partial charge is 0.261 e. The average Bonchev–Trinajstić information content (AvgIpc) is 3.26. The molecule has 0 unspecified atom stereocenters. The van der Waals surface area contributed by atoms with Gasteiger partial charge in [0.2, 0.25) is 5.89 Å². The van der Waals surface area contributed by atoms with Crippen LogP contribution >= 0.6 is 44.1 Å². The largest absolute Gasteiger partial charge is 0.496 e. The minimum Gasteiger partial charge on any atom is -0.496 e. The van der Waals surface area contributed by atoms with Gasteiger partial charge >= 0.3 is 0 Å². The van der Waals surface area contributed by atoms with Gasteiger partial charge < -0.3 is 14.5 Å². The molecule has 0 aliphatic heterocycles. The third-order valence-corrected chi connectivity index (χ3v) is 7.01. The van der Waals surface area contributed by atoms with Crippen LogP contribution in [0.1, 0.15) is 15.9 Å². The van der Waals surface area contributed by atoms with Crippen molar-refractivity contribution in [1.82, 2.24) is 10.3 Å². The number of aromatic nitrogens is 1. The molecule has 0 saturated carbocycles. The van der Waals surface area contributed by atoms with Gasteiger partial charge in [0, 0.05) is 20.2 Å². The number of methoxy groups -OCH3 is 1. The molecule has 180 valence electrons. The molecule has 36 heavy (non-hydrogen) atoms. The van der Waals surface area contributed by atoms with Crippen LogP contribution < -0.4 is 15.4 Å². The zero-order valence-corrected chi connectivity index (χ0v) is 23.2. The Morgan fingerprint density at radius 3 is 2.61 bits per heavy atom. The van der Waals surface area contributed by atoms with E-state index in [4.69, 9.17) is 26.4 Å². The number of oxazole rings is 1. The fourth-order valence-corrected chi connectivity index (χ4v) is 5.36. The summed E-state index contributed by atoms with van der Waals surface area (Å²) in [6, 6.07) is 21.1. The second-order valence-electron chi connectivity index (χ2n) is 8.05. The van der Waals surface area contributed by atoms with E-state index in [9.17, 15) is 4.79 Å². The number of carbonyl (C=O) groups excluding carboxylic acids is 1. The number of aryl methyl sites for hydroxylation is 1. The van der Waals surface area contributed by atoms with Crippen LogP contribution in [0.5, 0.6) is 5.75 Å². The molecule has 0 spiro atoms. The highest BCUT2D eigenvalue weighted by molar-refractivity contribution is 9.11. The Bertz CT molecular complexity index is 1670. The molecule has 2 N–H and O–H groups in total. The van der Waals surface area contributed by atoms with Crippen LogP contribution in [0.15, 0.2) is 80.1 Å². The number of hydrogen-bond donors (Lipinski definition) is 2. The molecule has 1 aromatic heterocycles. The monoisotopic (exact) mass is 623 g/mol. The van der Waals surface area contributed by atoms with Gasteiger partial charge in [0.1, 0.15) is 11.3 Å². The molecular weight excluding hydrogens is 606 g/mol.